The molecule has 0 aliphatic carbocycles. The highest BCUT2D eigenvalue weighted by Gasteiger charge is 2.43. The van der Waals surface area contributed by atoms with Gasteiger partial charge < -0.3 is 14.2 Å². The molecule has 11 heteroatoms. The molecule has 2 aliphatic rings. The van der Waals surface area contributed by atoms with Crippen LogP contribution in [0.5, 0.6) is 11.5 Å². The van der Waals surface area contributed by atoms with Gasteiger partial charge in [0, 0.05) is 19.5 Å². The first-order valence-electron chi connectivity index (χ1n) is 11.2. The fourth-order valence-corrected chi connectivity index (χ4v) is 4.04. The Labute approximate surface area is 205 Å². The molecule has 1 atom stereocenters. The van der Waals surface area contributed by atoms with Crippen molar-refractivity contribution in [3.05, 3.63) is 72.3 Å². The Kier molecular flexibility index (Phi) is 6.03. The van der Waals surface area contributed by atoms with Crippen LogP contribution in [-0.2, 0) is 25.7 Å². The van der Waals surface area contributed by atoms with Gasteiger partial charge in [0.15, 0.2) is 0 Å². The van der Waals surface area contributed by atoms with E-state index in [0.717, 1.165) is 11.0 Å². The third kappa shape index (κ3) is 4.45. The summed E-state index contributed by atoms with van der Waals surface area (Å²) in [6.07, 6.45) is 1.30. The molecule has 1 N–H and O–H groups in total. The lowest BCUT2D eigenvalue weighted by atomic mass is 10.0. The number of hydrogen-bond donors (Lipinski definition) is 1. The molecule has 1 fully saturated rings. The number of nitrogens with zero attached hydrogens (tertiary/aromatic N) is 4. The molecule has 36 heavy (non-hydrogen) atoms. The summed E-state index contributed by atoms with van der Waals surface area (Å²) in [6, 6.07) is 15.5. The number of ether oxygens (including phenoxy) is 1. The molecule has 3 aromatic rings. The zero-order valence-corrected chi connectivity index (χ0v) is 19.2. The number of rotatable bonds is 7. The molecule has 0 bridgehead atoms. The van der Waals surface area contributed by atoms with E-state index in [4.69, 9.17) is 9.26 Å². The Morgan fingerprint density at radius 3 is 2.61 bits per heavy atom. The molecule has 5 rings (SSSR count). The van der Waals surface area contributed by atoms with Crippen LogP contribution < -0.4 is 10.1 Å². The summed E-state index contributed by atoms with van der Waals surface area (Å²) in [6.45, 7) is 0.0444. The zero-order chi connectivity index (χ0) is 25.2. The average Bonchev–Trinajstić information content (AvgIpc) is 3.44. The molecule has 1 aromatic heterocycles. The highest BCUT2D eigenvalue weighted by molar-refractivity contribution is 6.18. The number of amides is 4. The lowest BCUT2D eigenvalue weighted by Gasteiger charge is -2.29. The summed E-state index contributed by atoms with van der Waals surface area (Å²) < 4.78 is 11.4. The monoisotopic (exact) mass is 487 g/mol. The SMILES string of the molecule is CN(Cc1nc(-c2ccccc2Oc2ccccc2)no1)C1=CC(=O)N(C2CCC(=O)NC2=O)C1=O. The van der Waals surface area contributed by atoms with Gasteiger partial charge in [-0.2, -0.15) is 4.98 Å². The van der Waals surface area contributed by atoms with E-state index in [9.17, 15) is 19.2 Å². The fraction of sp³-hybridized carbons (Fsp3) is 0.200. The van der Waals surface area contributed by atoms with Crippen LogP contribution in [0.1, 0.15) is 18.7 Å². The van der Waals surface area contributed by atoms with Crippen LogP contribution >= 0.6 is 0 Å². The van der Waals surface area contributed by atoms with Crippen molar-refractivity contribution in [3.63, 3.8) is 0 Å². The van der Waals surface area contributed by atoms with E-state index in [1.54, 1.807) is 19.2 Å². The van der Waals surface area contributed by atoms with Gasteiger partial charge in [-0.05, 0) is 30.7 Å². The summed E-state index contributed by atoms with van der Waals surface area (Å²) in [5.41, 5.74) is 0.701. The number of benzene rings is 2. The molecule has 0 spiro atoms. The van der Waals surface area contributed by atoms with Crippen LogP contribution in [0, 0.1) is 0 Å². The first kappa shape index (κ1) is 23.0. The van der Waals surface area contributed by atoms with Crippen molar-refractivity contribution in [2.75, 3.05) is 7.05 Å². The van der Waals surface area contributed by atoms with E-state index >= 15 is 0 Å². The van der Waals surface area contributed by atoms with Crippen LogP contribution in [0.2, 0.25) is 0 Å². The first-order chi connectivity index (χ1) is 17.4. The molecule has 1 saturated heterocycles. The number of hydrogen-bond acceptors (Lipinski definition) is 9. The molecular formula is C25H21N5O6. The average molecular weight is 487 g/mol. The van der Waals surface area contributed by atoms with Gasteiger partial charge in [-0.15, -0.1) is 0 Å². The minimum Gasteiger partial charge on any atom is -0.457 e. The van der Waals surface area contributed by atoms with E-state index in [0.29, 0.717) is 22.9 Å². The Morgan fingerprint density at radius 2 is 1.83 bits per heavy atom. The second-order valence-electron chi connectivity index (χ2n) is 8.29. The molecule has 0 radical (unpaired) electrons. The van der Waals surface area contributed by atoms with Gasteiger partial charge in [0.25, 0.3) is 11.8 Å². The third-order valence-corrected chi connectivity index (χ3v) is 5.81. The smallest absolute Gasteiger partial charge is 0.277 e. The molecule has 11 nitrogen and oxygen atoms in total. The molecule has 3 heterocycles. The van der Waals surface area contributed by atoms with Crippen molar-refractivity contribution >= 4 is 23.6 Å². The van der Waals surface area contributed by atoms with E-state index in [2.05, 4.69) is 15.5 Å². The highest BCUT2D eigenvalue weighted by atomic mass is 16.5. The van der Waals surface area contributed by atoms with Crippen molar-refractivity contribution in [2.45, 2.75) is 25.4 Å². The van der Waals surface area contributed by atoms with E-state index < -0.39 is 29.7 Å². The van der Waals surface area contributed by atoms with Crippen molar-refractivity contribution in [1.82, 2.24) is 25.3 Å². The van der Waals surface area contributed by atoms with Crippen molar-refractivity contribution < 1.29 is 28.4 Å². The summed E-state index contributed by atoms with van der Waals surface area (Å²) in [7, 11) is 1.60. The molecular weight excluding hydrogens is 466 g/mol. The quantitative estimate of drug-likeness (QED) is 0.497. The minimum absolute atomic E-state index is 0.0444. The zero-order valence-electron chi connectivity index (χ0n) is 19.2. The van der Waals surface area contributed by atoms with Crippen molar-refractivity contribution in [2.24, 2.45) is 0 Å². The predicted octanol–water partition coefficient (Wildman–Crippen LogP) is 2.02. The van der Waals surface area contributed by atoms with E-state index in [-0.39, 0.29) is 31.0 Å². The number of para-hydroxylation sites is 2. The number of carbonyl (C=O) groups is 4. The second-order valence-corrected chi connectivity index (χ2v) is 8.29. The van der Waals surface area contributed by atoms with Gasteiger partial charge in [-0.1, -0.05) is 35.5 Å². The number of nitrogens with one attached hydrogen (secondary N) is 1. The maximum Gasteiger partial charge on any atom is 0.277 e. The summed E-state index contributed by atoms with van der Waals surface area (Å²) in [5, 5.41) is 6.21. The predicted molar refractivity (Wildman–Crippen MR) is 124 cm³/mol. The lowest BCUT2D eigenvalue weighted by molar-refractivity contribution is -0.150. The highest BCUT2D eigenvalue weighted by Crippen LogP contribution is 2.32. The largest absolute Gasteiger partial charge is 0.457 e. The van der Waals surface area contributed by atoms with Gasteiger partial charge in [-0.3, -0.25) is 29.4 Å². The van der Waals surface area contributed by atoms with E-state index in [1.807, 2.05) is 42.5 Å². The first-order valence-corrected chi connectivity index (χ1v) is 11.2. The Balaban J connectivity index is 1.30. The maximum absolute atomic E-state index is 13.0. The fourth-order valence-electron chi connectivity index (χ4n) is 4.04. The van der Waals surface area contributed by atoms with Crippen LogP contribution in [-0.4, -0.2) is 56.7 Å². The number of likely N-dealkylation sites (N-methyl/N-ethyl adjacent to an activating group) is 1. The van der Waals surface area contributed by atoms with Gasteiger partial charge in [0.2, 0.25) is 23.5 Å². The maximum atomic E-state index is 13.0. The van der Waals surface area contributed by atoms with Crippen molar-refractivity contribution in [3.8, 4) is 22.9 Å². The van der Waals surface area contributed by atoms with Gasteiger partial charge in [-0.25, -0.2) is 0 Å². The number of imide groups is 2. The summed E-state index contributed by atoms with van der Waals surface area (Å²) >= 11 is 0. The normalized spacial score (nSPS) is 17.8. The standard InChI is InChI=1S/C25H21N5O6/c1-29(18-13-22(32)30(25(18)34)17-11-12-20(31)26-24(17)33)14-21-27-23(28-36-21)16-9-5-6-10-19(16)35-15-7-3-2-4-8-15/h2-10,13,17H,11-12,14H2,1H3,(H,26,31,33). The molecule has 0 saturated carbocycles. The van der Waals surface area contributed by atoms with Gasteiger partial charge in [0.1, 0.15) is 23.2 Å². The number of aromatic nitrogens is 2. The lowest BCUT2D eigenvalue weighted by Crippen LogP contribution is -2.54. The van der Waals surface area contributed by atoms with E-state index in [1.165, 1.54) is 4.90 Å². The Bertz CT molecular complexity index is 1380. The van der Waals surface area contributed by atoms with Crippen LogP contribution in [0.4, 0.5) is 0 Å². The summed E-state index contributed by atoms with van der Waals surface area (Å²) in [5.74, 6) is -0.617. The number of piperidine rings is 1. The minimum atomic E-state index is -1.03. The Morgan fingerprint density at radius 1 is 1.08 bits per heavy atom. The second kappa shape index (κ2) is 9.45. The topological polar surface area (TPSA) is 135 Å². The number of carbonyl (C=O) groups excluding carboxylic acids is 4. The molecule has 1 unspecified atom stereocenters. The molecule has 2 aromatic carbocycles. The third-order valence-electron chi connectivity index (χ3n) is 5.81. The summed E-state index contributed by atoms with van der Waals surface area (Å²) in [4.78, 5) is 55.9. The molecule has 2 aliphatic heterocycles. The van der Waals surface area contributed by atoms with Crippen LogP contribution in [0.25, 0.3) is 11.4 Å². The molecule has 4 amide bonds. The van der Waals surface area contributed by atoms with Gasteiger partial charge >= 0.3 is 0 Å². The molecule has 182 valence electrons. The Hall–Kier alpha value is -4.80. The van der Waals surface area contributed by atoms with Crippen molar-refractivity contribution in [1.29, 1.82) is 0 Å². The van der Waals surface area contributed by atoms with Gasteiger partial charge in [0.05, 0.1) is 12.1 Å². The van der Waals surface area contributed by atoms with Crippen LogP contribution in [0.3, 0.4) is 0 Å². The van der Waals surface area contributed by atoms with Crippen LogP contribution in [0.15, 0.2) is 70.9 Å².